The lowest BCUT2D eigenvalue weighted by Gasteiger charge is -2.44. The Balaban J connectivity index is 1.57. The van der Waals surface area contributed by atoms with E-state index < -0.39 is 10.0 Å². The van der Waals surface area contributed by atoms with Gasteiger partial charge < -0.3 is 0 Å². The predicted molar refractivity (Wildman–Crippen MR) is 124 cm³/mol. The molecule has 4 nitrogen and oxygen atoms in total. The fourth-order valence-electron chi connectivity index (χ4n) is 5.04. The van der Waals surface area contributed by atoms with Crippen LogP contribution in [0, 0.1) is 12.3 Å². The number of ketones is 1. The third-order valence-corrected chi connectivity index (χ3v) is 9.12. The SMILES string of the molecule is CCC1=C2C(=C(C(=O)c3ccc(Br)cc3)C23CC3)CN(S(=O)(=O)c2ccc(C)cc2)C1. The lowest BCUT2D eigenvalue weighted by molar-refractivity contribution is 0.101. The Morgan fingerprint density at radius 3 is 2.26 bits per heavy atom. The maximum Gasteiger partial charge on any atom is 0.243 e. The van der Waals surface area contributed by atoms with Gasteiger partial charge in [-0.3, -0.25) is 4.79 Å². The standard InChI is InChI=1S/C25H24BrNO3S/c1-3-17-14-27(31(29,30)20-10-4-16(2)5-11-20)15-21-22(17)25(12-13-25)23(21)24(28)18-6-8-19(26)9-7-18/h4-11H,3,12-15H2,1-2H3. The van der Waals surface area contributed by atoms with Gasteiger partial charge in [0.25, 0.3) is 0 Å². The molecule has 6 heteroatoms. The number of fused-ring (bicyclic) bond motifs is 2. The third kappa shape index (κ3) is 3.19. The van der Waals surface area contributed by atoms with Gasteiger partial charge >= 0.3 is 0 Å². The Morgan fingerprint density at radius 1 is 1.03 bits per heavy atom. The van der Waals surface area contributed by atoms with E-state index in [4.69, 9.17) is 0 Å². The van der Waals surface area contributed by atoms with E-state index in [1.165, 1.54) is 5.57 Å². The van der Waals surface area contributed by atoms with Crippen molar-refractivity contribution in [1.29, 1.82) is 0 Å². The molecule has 31 heavy (non-hydrogen) atoms. The molecule has 0 saturated heterocycles. The van der Waals surface area contributed by atoms with Crippen LogP contribution in [0.4, 0.5) is 0 Å². The average Bonchev–Trinajstić information content (AvgIpc) is 3.56. The first-order chi connectivity index (χ1) is 14.8. The number of allylic oxidation sites excluding steroid dienone is 1. The normalized spacial score (nSPS) is 20.0. The molecule has 2 aromatic carbocycles. The number of aryl methyl sites for hydroxylation is 1. The van der Waals surface area contributed by atoms with E-state index in [2.05, 4.69) is 22.9 Å². The number of carbonyl (C=O) groups excluding carboxylic acids is 1. The van der Waals surface area contributed by atoms with Crippen molar-refractivity contribution >= 4 is 31.7 Å². The number of Topliss-reactive ketones (excluding diaryl/α,β-unsaturated/α-hetero) is 1. The molecule has 1 heterocycles. The molecular formula is C25H24BrNO3S. The molecule has 0 unspecified atom stereocenters. The largest absolute Gasteiger partial charge is 0.289 e. The van der Waals surface area contributed by atoms with Crippen LogP contribution in [0.5, 0.6) is 0 Å². The zero-order chi connectivity index (χ0) is 22.0. The maximum absolute atomic E-state index is 13.4. The van der Waals surface area contributed by atoms with E-state index in [1.54, 1.807) is 16.4 Å². The minimum atomic E-state index is -3.63. The summed E-state index contributed by atoms with van der Waals surface area (Å²) in [6.45, 7) is 4.70. The van der Waals surface area contributed by atoms with Crippen LogP contribution in [-0.4, -0.2) is 31.6 Å². The summed E-state index contributed by atoms with van der Waals surface area (Å²) in [5.41, 5.74) is 5.74. The van der Waals surface area contributed by atoms with Crippen molar-refractivity contribution in [1.82, 2.24) is 4.31 Å². The van der Waals surface area contributed by atoms with Crippen molar-refractivity contribution in [3.63, 3.8) is 0 Å². The molecule has 1 aliphatic heterocycles. The third-order valence-electron chi connectivity index (χ3n) is 6.78. The van der Waals surface area contributed by atoms with Crippen molar-refractivity contribution < 1.29 is 13.2 Å². The minimum absolute atomic E-state index is 0.0359. The number of hydrogen-bond donors (Lipinski definition) is 0. The number of benzene rings is 2. The van der Waals surface area contributed by atoms with Gasteiger partial charge in [0.1, 0.15) is 0 Å². The molecule has 5 rings (SSSR count). The van der Waals surface area contributed by atoms with Gasteiger partial charge in [-0.05, 0) is 73.7 Å². The highest BCUT2D eigenvalue weighted by Gasteiger charge is 2.62. The summed E-state index contributed by atoms with van der Waals surface area (Å²) >= 11 is 3.42. The molecule has 1 saturated carbocycles. The first-order valence-corrected chi connectivity index (χ1v) is 12.8. The van der Waals surface area contributed by atoms with Gasteiger partial charge in [0.2, 0.25) is 10.0 Å². The van der Waals surface area contributed by atoms with E-state index >= 15 is 0 Å². The van der Waals surface area contributed by atoms with E-state index in [9.17, 15) is 13.2 Å². The van der Waals surface area contributed by atoms with Crippen LogP contribution >= 0.6 is 15.9 Å². The molecule has 3 aliphatic rings. The minimum Gasteiger partial charge on any atom is -0.289 e. The smallest absolute Gasteiger partial charge is 0.243 e. The summed E-state index contributed by atoms with van der Waals surface area (Å²) in [7, 11) is -3.63. The van der Waals surface area contributed by atoms with Crippen LogP contribution in [0.3, 0.4) is 0 Å². The van der Waals surface area contributed by atoms with E-state index in [0.717, 1.165) is 46.0 Å². The van der Waals surface area contributed by atoms with E-state index in [-0.39, 0.29) is 17.7 Å². The second-order valence-corrected chi connectivity index (χ2v) is 11.5. The molecule has 1 spiro atoms. The van der Waals surface area contributed by atoms with Crippen molar-refractivity contribution in [2.75, 3.05) is 13.1 Å². The predicted octanol–water partition coefficient (Wildman–Crippen LogP) is 5.44. The monoisotopic (exact) mass is 497 g/mol. The van der Waals surface area contributed by atoms with Crippen LogP contribution < -0.4 is 0 Å². The summed E-state index contributed by atoms with van der Waals surface area (Å²) in [5.74, 6) is 0.0359. The van der Waals surface area contributed by atoms with Gasteiger partial charge in [0.15, 0.2) is 5.78 Å². The van der Waals surface area contributed by atoms with E-state index in [0.29, 0.717) is 17.0 Å². The van der Waals surface area contributed by atoms with Gasteiger partial charge in [-0.2, -0.15) is 4.31 Å². The zero-order valence-electron chi connectivity index (χ0n) is 17.6. The van der Waals surface area contributed by atoms with E-state index in [1.807, 2.05) is 43.3 Å². The average molecular weight is 498 g/mol. The fraction of sp³-hybridized carbons (Fsp3) is 0.320. The van der Waals surface area contributed by atoms with Gasteiger partial charge in [-0.15, -0.1) is 0 Å². The Hall–Kier alpha value is -2.02. The number of hydrogen-bond acceptors (Lipinski definition) is 3. The fourth-order valence-corrected chi connectivity index (χ4v) is 6.71. The highest BCUT2D eigenvalue weighted by atomic mass is 79.9. The highest BCUT2D eigenvalue weighted by molar-refractivity contribution is 9.10. The van der Waals surface area contributed by atoms with Crippen molar-refractivity contribution in [2.24, 2.45) is 5.41 Å². The molecule has 0 atom stereocenters. The van der Waals surface area contributed by atoms with Gasteiger partial charge in [-0.1, -0.05) is 46.1 Å². The van der Waals surface area contributed by atoms with Gasteiger partial charge in [0, 0.05) is 34.1 Å². The lowest BCUT2D eigenvalue weighted by atomic mass is 9.63. The van der Waals surface area contributed by atoms with Crippen LogP contribution in [0.25, 0.3) is 0 Å². The summed E-state index contributed by atoms with van der Waals surface area (Å²) < 4.78 is 29.2. The lowest BCUT2D eigenvalue weighted by Crippen LogP contribution is -2.45. The van der Waals surface area contributed by atoms with Crippen molar-refractivity contribution in [3.8, 4) is 0 Å². The molecule has 1 fully saturated rings. The summed E-state index contributed by atoms with van der Waals surface area (Å²) in [6, 6.07) is 14.4. The zero-order valence-corrected chi connectivity index (χ0v) is 20.0. The first kappa shape index (κ1) is 20.9. The molecule has 2 aromatic rings. The number of nitrogens with zero attached hydrogens (tertiary/aromatic N) is 1. The van der Waals surface area contributed by atoms with Gasteiger partial charge in [0.05, 0.1) is 4.90 Å². The number of carbonyl (C=O) groups is 1. The van der Waals surface area contributed by atoms with Gasteiger partial charge in [-0.25, -0.2) is 8.42 Å². The quantitative estimate of drug-likeness (QED) is 0.516. The Kier molecular flexibility index (Phi) is 4.88. The summed E-state index contributed by atoms with van der Waals surface area (Å²) in [6.07, 6.45) is 2.76. The number of sulfonamides is 1. The first-order valence-electron chi connectivity index (χ1n) is 10.6. The highest BCUT2D eigenvalue weighted by Crippen LogP contribution is 2.69. The molecule has 0 N–H and O–H groups in total. The Labute approximate surface area is 191 Å². The molecule has 0 bridgehead atoms. The molecule has 2 aliphatic carbocycles. The molecular weight excluding hydrogens is 474 g/mol. The Morgan fingerprint density at radius 2 is 1.68 bits per heavy atom. The van der Waals surface area contributed by atoms with Crippen LogP contribution in [0.15, 0.2) is 80.2 Å². The molecule has 0 radical (unpaired) electrons. The second-order valence-electron chi connectivity index (χ2n) is 8.69. The van der Waals surface area contributed by atoms with Crippen molar-refractivity contribution in [2.45, 2.75) is 38.0 Å². The number of halogens is 1. The second kappa shape index (κ2) is 7.26. The Bertz CT molecular complexity index is 1250. The molecule has 160 valence electrons. The molecule has 0 aromatic heterocycles. The van der Waals surface area contributed by atoms with Crippen LogP contribution in [0.2, 0.25) is 0 Å². The van der Waals surface area contributed by atoms with Crippen molar-refractivity contribution in [3.05, 3.63) is 86.4 Å². The number of rotatable bonds is 5. The maximum atomic E-state index is 13.4. The summed E-state index contributed by atoms with van der Waals surface area (Å²) in [4.78, 5) is 13.7. The summed E-state index contributed by atoms with van der Waals surface area (Å²) in [5, 5.41) is 0. The van der Waals surface area contributed by atoms with Crippen LogP contribution in [-0.2, 0) is 10.0 Å². The molecule has 0 amide bonds. The van der Waals surface area contributed by atoms with Crippen LogP contribution in [0.1, 0.15) is 42.1 Å². The topological polar surface area (TPSA) is 54.5 Å².